The first kappa shape index (κ1) is 19.3. The van der Waals surface area contributed by atoms with Crippen molar-refractivity contribution in [3.8, 4) is 11.1 Å². The van der Waals surface area contributed by atoms with Gasteiger partial charge in [0.1, 0.15) is 0 Å². The molecule has 3 rings (SSSR count). The first-order valence-electron chi connectivity index (χ1n) is 7.79. The minimum absolute atomic E-state index is 0.333. The molecule has 132 valence electrons. The Morgan fingerprint density at radius 2 is 1.48 bits per heavy atom. The van der Waals surface area contributed by atoms with Gasteiger partial charge in [0, 0.05) is 17.9 Å². The zero-order valence-electron chi connectivity index (χ0n) is 14.7. The largest absolute Gasteiger partial charge is 0.496 e. The van der Waals surface area contributed by atoms with Crippen molar-refractivity contribution in [3.63, 3.8) is 0 Å². The number of hydrogen-bond acceptors (Lipinski definition) is 6. The van der Waals surface area contributed by atoms with Gasteiger partial charge in [-0.3, -0.25) is 4.98 Å². The Labute approximate surface area is 149 Å². The highest BCUT2D eigenvalue weighted by Gasteiger charge is 2.51. The highest BCUT2D eigenvalue weighted by atomic mass is 32.2. The molecule has 2 aromatic rings. The van der Waals surface area contributed by atoms with Crippen molar-refractivity contribution >= 4 is 23.1 Å². The van der Waals surface area contributed by atoms with E-state index in [0.29, 0.717) is 0 Å². The topological polar surface area (TPSA) is 89.3 Å². The van der Waals surface area contributed by atoms with Crippen LogP contribution in [-0.2, 0) is 19.8 Å². The number of nitrogens with one attached hydrogen (secondary N) is 1. The van der Waals surface area contributed by atoms with Crippen molar-refractivity contribution in [3.05, 3.63) is 48.8 Å². The molecule has 1 fully saturated rings. The van der Waals surface area contributed by atoms with Gasteiger partial charge in [0.15, 0.2) is 0 Å². The summed E-state index contributed by atoms with van der Waals surface area (Å²) in [6, 6.07) is 12.3. The standard InChI is InChI=1S/C17H20BNO2.HNO2S/c1-16(2)17(3,4)21-18(20-16)15-10-14(11-19-12-15)13-8-6-5-7-9-13;1-4(2)3/h5-12H,1-4H3;1H. The van der Waals surface area contributed by atoms with Crippen LogP contribution in [0.1, 0.15) is 27.7 Å². The van der Waals surface area contributed by atoms with Crippen molar-refractivity contribution in [2.45, 2.75) is 38.9 Å². The third kappa shape index (κ3) is 4.75. The van der Waals surface area contributed by atoms with E-state index < -0.39 is 10.5 Å². The maximum atomic E-state index is 8.67. The molecule has 8 heteroatoms. The van der Waals surface area contributed by atoms with Gasteiger partial charge >= 0.3 is 17.6 Å². The molecular formula is C17H21BN2O4S. The molecule has 0 saturated carbocycles. The number of rotatable bonds is 2. The van der Waals surface area contributed by atoms with E-state index in [1.807, 2.05) is 30.6 Å². The van der Waals surface area contributed by atoms with Crippen molar-refractivity contribution in [1.82, 2.24) is 4.98 Å². The Hall–Kier alpha value is -2.03. The van der Waals surface area contributed by atoms with Crippen molar-refractivity contribution in [2.75, 3.05) is 0 Å². The minimum atomic E-state index is -2.61. The summed E-state index contributed by atoms with van der Waals surface area (Å²) in [4.78, 5) is 4.34. The lowest BCUT2D eigenvalue weighted by Gasteiger charge is -2.32. The van der Waals surface area contributed by atoms with Gasteiger partial charge in [-0.2, -0.15) is 13.2 Å². The quantitative estimate of drug-likeness (QED) is 0.832. The van der Waals surface area contributed by atoms with E-state index in [0.717, 1.165) is 16.6 Å². The summed E-state index contributed by atoms with van der Waals surface area (Å²) in [5, 5.41) is 0. The Morgan fingerprint density at radius 3 is 2.00 bits per heavy atom. The molecule has 1 aliphatic heterocycles. The van der Waals surface area contributed by atoms with Crippen molar-refractivity contribution in [2.24, 2.45) is 0 Å². The van der Waals surface area contributed by atoms with Gasteiger partial charge < -0.3 is 9.31 Å². The lowest BCUT2D eigenvalue weighted by atomic mass is 9.79. The molecule has 1 N–H and O–H groups in total. The van der Waals surface area contributed by atoms with Crippen LogP contribution in [0.2, 0.25) is 0 Å². The summed E-state index contributed by atoms with van der Waals surface area (Å²) in [6.07, 6.45) is 3.68. The van der Waals surface area contributed by atoms with E-state index in [2.05, 4.69) is 50.9 Å². The molecule has 0 atom stereocenters. The van der Waals surface area contributed by atoms with E-state index in [1.54, 1.807) is 0 Å². The highest BCUT2D eigenvalue weighted by molar-refractivity contribution is 7.60. The van der Waals surface area contributed by atoms with Crippen LogP contribution < -0.4 is 5.46 Å². The molecule has 0 spiro atoms. The van der Waals surface area contributed by atoms with Gasteiger partial charge in [0.2, 0.25) is 0 Å². The Balaban J connectivity index is 0.000000511. The zero-order chi connectivity index (χ0) is 18.7. The van der Waals surface area contributed by atoms with Crippen LogP contribution in [-0.4, -0.2) is 31.7 Å². The fourth-order valence-electron chi connectivity index (χ4n) is 2.35. The summed E-state index contributed by atoms with van der Waals surface area (Å²) in [6.45, 7) is 8.23. The molecule has 1 aliphatic rings. The molecule has 1 aromatic heterocycles. The molecule has 0 radical (unpaired) electrons. The summed E-state index contributed by atoms with van der Waals surface area (Å²) in [7, 11) is -2.98. The highest BCUT2D eigenvalue weighted by Crippen LogP contribution is 2.36. The van der Waals surface area contributed by atoms with Crippen LogP contribution in [0.15, 0.2) is 48.8 Å². The molecule has 25 heavy (non-hydrogen) atoms. The predicted molar refractivity (Wildman–Crippen MR) is 97.0 cm³/mol. The molecule has 0 unspecified atom stereocenters. The number of hydrogen-bond donors (Lipinski definition) is 1. The average molecular weight is 360 g/mol. The van der Waals surface area contributed by atoms with E-state index in [4.69, 9.17) is 22.5 Å². The third-order valence-corrected chi connectivity index (χ3v) is 4.39. The van der Waals surface area contributed by atoms with Gasteiger partial charge in [0.05, 0.1) is 11.2 Å². The third-order valence-electron chi connectivity index (χ3n) is 4.39. The Kier molecular flexibility index (Phi) is 5.77. The van der Waals surface area contributed by atoms with E-state index in [1.165, 1.54) is 0 Å². The lowest BCUT2D eigenvalue weighted by molar-refractivity contribution is 0.00578. The first-order valence-corrected chi connectivity index (χ1v) is 8.86. The van der Waals surface area contributed by atoms with Gasteiger partial charge in [-0.15, -0.1) is 0 Å². The molecule has 1 saturated heterocycles. The number of aromatic nitrogens is 1. The van der Waals surface area contributed by atoms with Crippen LogP contribution >= 0.6 is 0 Å². The van der Waals surface area contributed by atoms with E-state index >= 15 is 0 Å². The van der Waals surface area contributed by atoms with Crippen LogP contribution in [0.5, 0.6) is 0 Å². The molecule has 2 heterocycles. The van der Waals surface area contributed by atoms with E-state index in [-0.39, 0.29) is 18.3 Å². The molecule has 6 nitrogen and oxygen atoms in total. The molecule has 0 bridgehead atoms. The second-order valence-corrected chi connectivity index (χ2v) is 7.17. The second kappa shape index (κ2) is 7.47. The number of benzene rings is 1. The minimum Gasteiger partial charge on any atom is -0.399 e. The SMILES string of the molecule is CC1(C)OB(c2cncc(-c3ccccc3)c2)OC1(C)C.N=S(=O)=O. The molecule has 0 amide bonds. The molecule has 1 aromatic carbocycles. The number of pyridine rings is 1. The normalized spacial score (nSPS) is 17.5. The monoisotopic (exact) mass is 360 g/mol. The van der Waals surface area contributed by atoms with Crippen LogP contribution in [0, 0.1) is 4.78 Å². The van der Waals surface area contributed by atoms with Crippen LogP contribution in [0.4, 0.5) is 0 Å². The lowest BCUT2D eigenvalue weighted by Crippen LogP contribution is -2.41. The number of nitrogens with zero attached hydrogens (tertiary/aromatic N) is 1. The summed E-state index contributed by atoms with van der Waals surface area (Å²) < 4.78 is 35.0. The second-order valence-electron chi connectivity index (χ2n) is 6.70. The smallest absolute Gasteiger partial charge is 0.399 e. The zero-order valence-corrected chi connectivity index (χ0v) is 15.5. The first-order chi connectivity index (χ1) is 11.6. The summed E-state index contributed by atoms with van der Waals surface area (Å²) in [5.41, 5.74) is 2.50. The maximum absolute atomic E-state index is 8.67. The van der Waals surface area contributed by atoms with Gasteiger partial charge in [-0.25, -0.2) is 0 Å². The summed E-state index contributed by atoms with van der Waals surface area (Å²) >= 11 is 0. The Morgan fingerprint density at radius 1 is 0.960 bits per heavy atom. The van der Waals surface area contributed by atoms with Gasteiger partial charge in [-0.05, 0) is 38.8 Å². The fraction of sp³-hybridized carbons (Fsp3) is 0.353. The van der Waals surface area contributed by atoms with Crippen molar-refractivity contribution < 1.29 is 17.7 Å². The molecule has 0 aliphatic carbocycles. The van der Waals surface area contributed by atoms with Gasteiger partial charge in [-0.1, -0.05) is 36.4 Å². The van der Waals surface area contributed by atoms with Crippen LogP contribution in [0.25, 0.3) is 11.1 Å². The molecular weight excluding hydrogens is 339 g/mol. The summed E-state index contributed by atoms with van der Waals surface area (Å²) in [5.74, 6) is 0. The maximum Gasteiger partial charge on any atom is 0.496 e. The Bertz CT molecular complexity index is 816. The van der Waals surface area contributed by atoms with Crippen molar-refractivity contribution in [1.29, 1.82) is 4.78 Å². The van der Waals surface area contributed by atoms with Crippen LogP contribution in [0.3, 0.4) is 0 Å². The predicted octanol–water partition coefficient (Wildman–Crippen LogP) is 2.68. The fourth-order valence-corrected chi connectivity index (χ4v) is 2.35. The van der Waals surface area contributed by atoms with Gasteiger partial charge in [0.25, 0.3) is 0 Å². The average Bonchev–Trinajstić information content (AvgIpc) is 2.76. The van der Waals surface area contributed by atoms with E-state index in [9.17, 15) is 0 Å².